The van der Waals surface area contributed by atoms with Gasteiger partial charge < -0.3 is 13.9 Å². The molecule has 1 aliphatic carbocycles. The van der Waals surface area contributed by atoms with Gasteiger partial charge in [0.05, 0.1) is 24.3 Å². The SMILES string of the molecule is COCC1=C(n2c(NS(=O)(=O)CCc3ccc(Cl)cc3)nnc2-c2ccco2)[C@@H](OC)CC=C1. The number of sulfonamides is 1. The van der Waals surface area contributed by atoms with E-state index in [0.717, 1.165) is 11.1 Å². The number of aromatic nitrogens is 3. The van der Waals surface area contributed by atoms with Gasteiger partial charge in [0.25, 0.3) is 0 Å². The number of furan rings is 1. The smallest absolute Gasteiger partial charge is 0.243 e. The number of rotatable bonds is 10. The average Bonchev–Trinajstić information content (AvgIpc) is 3.49. The highest BCUT2D eigenvalue weighted by molar-refractivity contribution is 7.92. The quantitative estimate of drug-likeness (QED) is 0.444. The molecule has 2 heterocycles. The van der Waals surface area contributed by atoms with Gasteiger partial charge in [-0.1, -0.05) is 35.9 Å². The van der Waals surface area contributed by atoms with E-state index in [9.17, 15) is 8.42 Å². The highest BCUT2D eigenvalue weighted by Gasteiger charge is 2.29. The summed E-state index contributed by atoms with van der Waals surface area (Å²) in [5, 5.41) is 8.98. The normalized spacial score (nSPS) is 16.3. The van der Waals surface area contributed by atoms with Crippen molar-refractivity contribution in [1.82, 2.24) is 14.8 Å². The zero-order chi connectivity index (χ0) is 24.1. The predicted octanol–water partition coefficient (Wildman–Crippen LogP) is 4.01. The molecule has 4 rings (SSSR count). The number of anilines is 1. The van der Waals surface area contributed by atoms with Gasteiger partial charge in [-0.2, -0.15) is 0 Å². The topological polar surface area (TPSA) is 108 Å². The third-order valence-electron chi connectivity index (χ3n) is 5.35. The number of halogens is 1. The molecule has 0 radical (unpaired) electrons. The van der Waals surface area contributed by atoms with Crippen molar-refractivity contribution in [2.24, 2.45) is 0 Å². The van der Waals surface area contributed by atoms with E-state index in [2.05, 4.69) is 14.9 Å². The van der Waals surface area contributed by atoms with Crippen LogP contribution in [0.5, 0.6) is 0 Å². The number of nitrogens with one attached hydrogen (secondary N) is 1. The van der Waals surface area contributed by atoms with Crippen molar-refractivity contribution >= 4 is 33.3 Å². The largest absolute Gasteiger partial charge is 0.461 e. The van der Waals surface area contributed by atoms with Crippen molar-refractivity contribution in [3.05, 3.63) is 71.0 Å². The molecule has 34 heavy (non-hydrogen) atoms. The molecule has 1 aromatic carbocycles. The molecule has 11 heteroatoms. The Kier molecular flexibility index (Phi) is 7.52. The third kappa shape index (κ3) is 5.41. The number of nitrogens with zero attached hydrogens (tertiary/aromatic N) is 3. The first kappa shape index (κ1) is 24.2. The Balaban J connectivity index is 1.72. The summed E-state index contributed by atoms with van der Waals surface area (Å²) in [4.78, 5) is 0. The van der Waals surface area contributed by atoms with E-state index in [0.29, 0.717) is 41.8 Å². The Morgan fingerprint density at radius 2 is 2.00 bits per heavy atom. The fraction of sp³-hybridized carbons (Fsp3) is 0.304. The first-order chi connectivity index (χ1) is 16.4. The lowest BCUT2D eigenvalue weighted by atomic mass is 10.0. The fourth-order valence-corrected chi connectivity index (χ4v) is 4.89. The zero-order valence-corrected chi connectivity index (χ0v) is 20.3. The Hall–Kier alpha value is -2.92. The van der Waals surface area contributed by atoms with Crippen molar-refractivity contribution in [3.63, 3.8) is 0 Å². The standard InChI is InChI=1S/C23H25ClN4O5S/c1-31-15-17-5-3-6-19(32-2)21(17)28-22(20-7-4-13-33-20)25-26-23(28)27-34(29,30)14-12-16-8-10-18(24)11-9-16/h3-5,7-11,13,19H,6,12,14-15H2,1-2H3,(H,26,27)/t19-/m0/s1. The summed E-state index contributed by atoms with van der Waals surface area (Å²) < 4.78 is 46.9. The van der Waals surface area contributed by atoms with Gasteiger partial charge in [-0.3, -0.25) is 9.29 Å². The molecule has 180 valence electrons. The van der Waals surface area contributed by atoms with Gasteiger partial charge in [-0.05, 0) is 42.7 Å². The van der Waals surface area contributed by atoms with Crippen LogP contribution >= 0.6 is 11.6 Å². The van der Waals surface area contributed by atoms with E-state index in [1.165, 1.54) is 6.26 Å². The summed E-state index contributed by atoms with van der Waals surface area (Å²) in [5.41, 5.74) is 2.35. The van der Waals surface area contributed by atoms with Crippen LogP contribution in [0.2, 0.25) is 5.02 Å². The van der Waals surface area contributed by atoms with Crippen LogP contribution in [0.15, 0.2) is 64.8 Å². The molecule has 0 amide bonds. The molecule has 0 saturated carbocycles. The molecular formula is C23H25ClN4O5S. The summed E-state index contributed by atoms with van der Waals surface area (Å²) >= 11 is 5.92. The number of hydrogen-bond acceptors (Lipinski definition) is 7. The molecule has 0 bridgehead atoms. The molecule has 0 aliphatic heterocycles. The van der Waals surface area contributed by atoms with Crippen LogP contribution in [0, 0.1) is 0 Å². The maximum absolute atomic E-state index is 13.0. The van der Waals surface area contributed by atoms with Gasteiger partial charge in [0.15, 0.2) is 5.76 Å². The van der Waals surface area contributed by atoms with Crippen LogP contribution in [0.1, 0.15) is 12.0 Å². The van der Waals surface area contributed by atoms with E-state index >= 15 is 0 Å². The van der Waals surface area contributed by atoms with Crippen LogP contribution < -0.4 is 4.72 Å². The lowest BCUT2D eigenvalue weighted by Crippen LogP contribution is -2.26. The second-order valence-corrected chi connectivity index (χ2v) is 9.94. The van der Waals surface area contributed by atoms with Crippen LogP contribution in [0.4, 0.5) is 5.95 Å². The first-order valence-electron chi connectivity index (χ1n) is 10.6. The van der Waals surface area contributed by atoms with Gasteiger partial charge in [0.1, 0.15) is 6.10 Å². The Morgan fingerprint density at radius 3 is 2.68 bits per heavy atom. The Labute approximate surface area is 203 Å². The second kappa shape index (κ2) is 10.6. The molecule has 1 aliphatic rings. The van der Waals surface area contributed by atoms with Gasteiger partial charge in [-0.15, -0.1) is 10.2 Å². The second-order valence-electron chi connectivity index (χ2n) is 7.66. The highest BCUT2D eigenvalue weighted by Crippen LogP contribution is 2.33. The van der Waals surface area contributed by atoms with Crippen LogP contribution in [0.3, 0.4) is 0 Å². The maximum atomic E-state index is 13.0. The number of aryl methyl sites for hydroxylation is 1. The third-order valence-corrected chi connectivity index (χ3v) is 6.84. The van der Waals surface area contributed by atoms with Gasteiger partial charge in [-0.25, -0.2) is 8.42 Å². The number of ether oxygens (including phenoxy) is 2. The van der Waals surface area contributed by atoms with E-state index in [4.69, 9.17) is 25.5 Å². The minimum Gasteiger partial charge on any atom is -0.461 e. The average molecular weight is 505 g/mol. The minimum atomic E-state index is -3.76. The van der Waals surface area contributed by atoms with E-state index in [1.54, 1.807) is 55.2 Å². The molecule has 9 nitrogen and oxygen atoms in total. The van der Waals surface area contributed by atoms with E-state index < -0.39 is 10.0 Å². The predicted molar refractivity (Wildman–Crippen MR) is 130 cm³/mol. The van der Waals surface area contributed by atoms with Gasteiger partial charge >= 0.3 is 0 Å². The molecule has 0 fully saturated rings. The highest BCUT2D eigenvalue weighted by atomic mass is 35.5. The molecular weight excluding hydrogens is 480 g/mol. The summed E-state index contributed by atoms with van der Waals surface area (Å²) in [7, 11) is -0.573. The van der Waals surface area contributed by atoms with E-state index in [1.807, 2.05) is 12.2 Å². The molecule has 0 spiro atoms. The zero-order valence-electron chi connectivity index (χ0n) is 18.8. The summed E-state index contributed by atoms with van der Waals surface area (Å²) in [6.07, 6.45) is 5.98. The van der Waals surface area contributed by atoms with Gasteiger partial charge in [0.2, 0.25) is 21.8 Å². The number of hydrogen-bond donors (Lipinski definition) is 1. The van der Waals surface area contributed by atoms with Gasteiger partial charge in [0, 0.05) is 24.8 Å². The van der Waals surface area contributed by atoms with E-state index in [-0.39, 0.29) is 17.8 Å². The molecule has 1 atom stereocenters. The monoisotopic (exact) mass is 504 g/mol. The molecule has 1 N–H and O–H groups in total. The summed E-state index contributed by atoms with van der Waals surface area (Å²) in [5.74, 6) is 0.687. The number of methoxy groups -OCH3 is 2. The van der Waals surface area contributed by atoms with Crippen molar-refractivity contribution in [2.75, 3.05) is 31.3 Å². The van der Waals surface area contributed by atoms with Crippen molar-refractivity contribution in [3.8, 4) is 11.6 Å². The van der Waals surface area contributed by atoms with Crippen LogP contribution in [-0.2, 0) is 25.9 Å². The minimum absolute atomic E-state index is 0.0449. The van der Waals surface area contributed by atoms with Crippen molar-refractivity contribution in [1.29, 1.82) is 0 Å². The summed E-state index contributed by atoms with van der Waals surface area (Å²) in [6, 6.07) is 10.5. The van der Waals surface area contributed by atoms with Crippen molar-refractivity contribution in [2.45, 2.75) is 18.9 Å². The Bertz CT molecular complexity index is 1280. The number of benzene rings is 1. The molecule has 2 aromatic heterocycles. The van der Waals surface area contributed by atoms with Crippen LogP contribution in [0.25, 0.3) is 17.3 Å². The van der Waals surface area contributed by atoms with Crippen molar-refractivity contribution < 1.29 is 22.3 Å². The first-order valence-corrected chi connectivity index (χ1v) is 12.6. The maximum Gasteiger partial charge on any atom is 0.243 e. The lowest BCUT2D eigenvalue weighted by molar-refractivity contribution is 0.143. The Morgan fingerprint density at radius 1 is 1.21 bits per heavy atom. The lowest BCUT2D eigenvalue weighted by Gasteiger charge is -2.26. The molecule has 3 aromatic rings. The fourth-order valence-electron chi connectivity index (χ4n) is 3.75. The summed E-state index contributed by atoms with van der Waals surface area (Å²) in [6.45, 7) is 0.296. The van der Waals surface area contributed by atoms with Crippen LogP contribution in [-0.4, -0.2) is 55.9 Å². The molecule has 0 saturated heterocycles. The molecule has 0 unspecified atom stereocenters.